The van der Waals surface area contributed by atoms with Crippen LogP contribution in [0.3, 0.4) is 0 Å². The number of halogens is 3. The van der Waals surface area contributed by atoms with Gasteiger partial charge in [0.25, 0.3) is 0 Å². The molecule has 0 aromatic heterocycles. The maximum Gasteiger partial charge on any atom is 0.387 e. The number of amides is 1. The van der Waals surface area contributed by atoms with Gasteiger partial charge in [-0.2, -0.15) is 8.78 Å². The summed E-state index contributed by atoms with van der Waals surface area (Å²) >= 11 is 0. The molecular weight excluding hydrogens is 334 g/mol. The van der Waals surface area contributed by atoms with Crippen LogP contribution in [0.15, 0.2) is 18.2 Å². The number of carbonyl (C=O) groups excluding carboxylic acids is 2. The first kappa shape index (κ1) is 19.1. The van der Waals surface area contributed by atoms with Crippen molar-refractivity contribution in [2.45, 2.75) is 13.0 Å². The summed E-state index contributed by atoms with van der Waals surface area (Å²) in [7, 11) is 1.18. The maximum atomic E-state index is 12.5. The molecule has 0 saturated carbocycles. The van der Waals surface area contributed by atoms with E-state index in [1.54, 1.807) is 0 Å². The molecule has 0 radical (unpaired) electrons. The van der Waals surface area contributed by atoms with Crippen LogP contribution < -0.4 is 15.4 Å². The summed E-state index contributed by atoms with van der Waals surface area (Å²) in [5.41, 5.74) is 0.142. The molecule has 1 aromatic rings. The van der Waals surface area contributed by atoms with Crippen molar-refractivity contribution in [3.8, 4) is 5.75 Å². The number of hydrogen-bond donors (Lipinski definition) is 2. The molecule has 1 saturated heterocycles. The Kier molecular flexibility index (Phi) is 7.18. The lowest BCUT2D eigenvalue weighted by atomic mass is 10.1. The Morgan fingerprint density at radius 2 is 2.13 bits per heavy atom. The predicted octanol–water partition coefficient (Wildman–Crippen LogP) is 2.04. The van der Waals surface area contributed by atoms with Gasteiger partial charge in [-0.3, -0.25) is 4.79 Å². The van der Waals surface area contributed by atoms with Crippen LogP contribution >= 0.6 is 12.4 Å². The van der Waals surface area contributed by atoms with E-state index >= 15 is 0 Å². The van der Waals surface area contributed by atoms with E-state index in [4.69, 9.17) is 0 Å². The summed E-state index contributed by atoms with van der Waals surface area (Å²) in [5.74, 6) is -1.47. The van der Waals surface area contributed by atoms with Crippen molar-refractivity contribution in [3.63, 3.8) is 0 Å². The summed E-state index contributed by atoms with van der Waals surface area (Å²) in [6.45, 7) is -1.80. The second-order valence-electron chi connectivity index (χ2n) is 4.76. The minimum absolute atomic E-state index is 0. The van der Waals surface area contributed by atoms with Crippen LogP contribution in [0.5, 0.6) is 5.75 Å². The Morgan fingerprint density at radius 1 is 1.39 bits per heavy atom. The van der Waals surface area contributed by atoms with Crippen LogP contribution in [0.25, 0.3) is 0 Å². The molecule has 6 nitrogen and oxygen atoms in total. The van der Waals surface area contributed by atoms with Crippen LogP contribution in [-0.2, 0) is 9.53 Å². The van der Waals surface area contributed by atoms with Gasteiger partial charge in [-0.05, 0) is 31.2 Å². The highest BCUT2D eigenvalue weighted by molar-refractivity contribution is 5.96. The molecule has 1 fully saturated rings. The molecule has 128 valence electrons. The van der Waals surface area contributed by atoms with Crippen LogP contribution in [0.4, 0.5) is 14.5 Å². The zero-order valence-corrected chi connectivity index (χ0v) is 13.1. The Balaban J connectivity index is 0.00000264. The number of methoxy groups -OCH3 is 1. The molecule has 1 atom stereocenters. The van der Waals surface area contributed by atoms with E-state index in [0.29, 0.717) is 13.0 Å². The van der Waals surface area contributed by atoms with Crippen molar-refractivity contribution in [1.29, 1.82) is 0 Å². The highest BCUT2D eigenvalue weighted by Gasteiger charge is 2.24. The van der Waals surface area contributed by atoms with Crippen molar-refractivity contribution in [2.24, 2.45) is 5.92 Å². The highest BCUT2D eigenvalue weighted by atomic mass is 35.5. The average molecular weight is 351 g/mol. The van der Waals surface area contributed by atoms with Gasteiger partial charge >= 0.3 is 12.6 Å². The van der Waals surface area contributed by atoms with Crippen molar-refractivity contribution in [1.82, 2.24) is 5.32 Å². The van der Waals surface area contributed by atoms with Crippen LogP contribution in [0, 0.1) is 5.92 Å². The predicted molar refractivity (Wildman–Crippen MR) is 81.3 cm³/mol. The van der Waals surface area contributed by atoms with Crippen LogP contribution in [-0.4, -0.2) is 38.7 Å². The number of ether oxygens (including phenoxy) is 2. The van der Waals surface area contributed by atoms with Crippen molar-refractivity contribution in [3.05, 3.63) is 23.8 Å². The van der Waals surface area contributed by atoms with Crippen LogP contribution in [0.2, 0.25) is 0 Å². The Labute approximate surface area is 137 Å². The summed E-state index contributed by atoms with van der Waals surface area (Å²) in [6.07, 6.45) is 0.678. The minimum atomic E-state index is -3.07. The standard InChI is InChI=1S/C14H16F2N2O4.ClH/c1-21-13(20)8-2-3-10(11(6-8)22-14(15)16)18-12(19)9-4-5-17-7-9;/h2-3,6,9,14,17H,4-5,7H2,1H3,(H,18,19);1H. The van der Waals surface area contributed by atoms with E-state index in [1.165, 1.54) is 19.2 Å². The Bertz CT molecular complexity index is 566. The molecule has 0 spiro atoms. The fourth-order valence-corrected chi connectivity index (χ4v) is 2.18. The molecule has 0 bridgehead atoms. The van der Waals surface area contributed by atoms with E-state index in [2.05, 4.69) is 20.1 Å². The topological polar surface area (TPSA) is 76.7 Å². The largest absolute Gasteiger partial charge is 0.465 e. The monoisotopic (exact) mass is 350 g/mol. The van der Waals surface area contributed by atoms with Gasteiger partial charge in [0.1, 0.15) is 5.75 Å². The lowest BCUT2D eigenvalue weighted by molar-refractivity contribution is -0.119. The second kappa shape index (κ2) is 8.64. The number of nitrogens with one attached hydrogen (secondary N) is 2. The minimum Gasteiger partial charge on any atom is -0.465 e. The molecular formula is C14H17ClF2N2O4. The molecule has 1 amide bonds. The Hall–Kier alpha value is -1.93. The number of alkyl halides is 2. The summed E-state index contributed by atoms with van der Waals surface area (Å²) in [4.78, 5) is 23.5. The molecule has 1 aromatic carbocycles. The number of benzene rings is 1. The third kappa shape index (κ3) is 5.04. The number of rotatable bonds is 5. The van der Waals surface area contributed by atoms with Gasteiger partial charge in [0.15, 0.2) is 0 Å². The van der Waals surface area contributed by atoms with Crippen molar-refractivity contribution in [2.75, 3.05) is 25.5 Å². The van der Waals surface area contributed by atoms with Gasteiger partial charge in [-0.1, -0.05) is 0 Å². The smallest absolute Gasteiger partial charge is 0.387 e. The van der Waals surface area contributed by atoms with E-state index in [1.807, 2.05) is 0 Å². The SMILES string of the molecule is COC(=O)c1ccc(NC(=O)C2CCNC2)c(OC(F)F)c1.Cl. The van der Waals surface area contributed by atoms with Gasteiger partial charge in [0.2, 0.25) is 5.91 Å². The van der Waals surface area contributed by atoms with Crippen molar-refractivity contribution >= 4 is 30.0 Å². The first-order valence-electron chi connectivity index (χ1n) is 6.70. The quantitative estimate of drug-likeness (QED) is 0.795. The van der Waals surface area contributed by atoms with E-state index in [0.717, 1.165) is 12.6 Å². The van der Waals surface area contributed by atoms with Gasteiger partial charge in [-0.15, -0.1) is 12.4 Å². The molecule has 2 rings (SSSR count). The fraction of sp³-hybridized carbons (Fsp3) is 0.429. The molecule has 2 N–H and O–H groups in total. The second-order valence-corrected chi connectivity index (χ2v) is 4.76. The first-order valence-corrected chi connectivity index (χ1v) is 6.70. The number of esters is 1. The fourth-order valence-electron chi connectivity index (χ4n) is 2.18. The summed E-state index contributed by atoms with van der Waals surface area (Å²) in [5, 5.41) is 5.60. The molecule has 9 heteroatoms. The van der Waals surface area contributed by atoms with Crippen LogP contribution in [0.1, 0.15) is 16.8 Å². The zero-order valence-electron chi connectivity index (χ0n) is 12.3. The number of hydrogen-bond acceptors (Lipinski definition) is 5. The zero-order chi connectivity index (χ0) is 16.1. The molecule has 1 aliphatic rings. The molecule has 1 heterocycles. The third-order valence-electron chi connectivity index (χ3n) is 3.31. The highest BCUT2D eigenvalue weighted by Crippen LogP contribution is 2.28. The van der Waals surface area contributed by atoms with Gasteiger partial charge in [0, 0.05) is 6.54 Å². The molecule has 1 unspecified atom stereocenters. The lowest BCUT2D eigenvalue weighted by Crippen LogP contribution is -2.25. The number of anilines is 1. The van der Waals surface area contributed by atoms with E-state index in [-0.39, 0.29) is 41.2 Å². The third-order valence-corrected chi connectivity index (χ3v) is 3.31. The molecule has 23 heavy (non-hydrogen) atoms. The van der Waals surface area contributed by atoms with Crippen molar-refractivity contribution < 1.29 is 27.8 Å². The lowest BCUT2D eigenvalue weighted by Gasteiger charge is -2.15. The number of carbonyl (C=O) groups is 2. The summed E-state index contributed by atoms with van der Waals surface area (Å²) in [6, 6.07) is 3.82. The normalized spacial score (nSPS) is 16.6. The summed E-state index contributed by atoms with van der Waals surface area (Å²) < 4.78 is 33.9. The van der Waals surface area contributed by atoms with E-state index in [9.17, 15) is 18.4 Å². The molecule has 1 aliphatic heterocycles. The first-order chi connectivity index (χ1) is 10.5. The molecule has 0 aliphatic carbocycles. The average Bonchev–Trinajstić information content (AvgIpc) is 3.02. The van der Waals surface area contributed by atoms with E-state index < -0.39 is 12.6 Å². The van der Waals surface area contributed by atoms with Gasteiger partial charge in [-0.25, -0.2) is 4.79 Å². The van der Waals surface area contributed by atoms with Gasteiger partial charge in [0.05, 0.1) is 24.3 Å². The maximum absolute atomic E-state index is 12.5. The van der Waals surface area contributed by atoms with Gasteiger partial charge < -0.3 is 20.1 Å². The Morgan fingerprint density at radius 3 is 2.70 bits per heavy atom.